The van der Waals surface area contributed by atoms with Gasteiger partial charge in [-0.3, -0.25) is 0 Å². The smallest absolute Gasteiger partial charge is 0.214 e. The molecule has 18 heteroatoms. The van der Waals surface area contributed by atoms with E-state index in [9.17, 15) is 64.8 Å². The Kier molecular flexibility index (Phi) is 5.91. The monoisotopic (exact) mass is 502 g/mol. The fourth-order valence-electron chi connectivity index (χ4n) is 2.17. The number of benzene rings is 1. The second-order valence-corrected chi connectivity index (χ2v) is 11.0. The van der Waals surface area contributed by atoms with E-state index >= 15 is 0 Å². The van der Waals surface area contributed by atoms with Crippen molar-refractivity contribution in [1.82, 2.24) is 0 Å². The van der Waals surface area contributed by atoms with E-state index in [4.69, 9.17) is 0 Å². The summed E-state index contributed by atoms with van der Waals surface area (Å²) in [4.78, 5) is -7.12. The van der Waals surface area contributed by atoms with E-state index in [2.05, 4.69) is 0 Å². The summed E-state index contributed by atoms with van der Waals surface area (Å²) in [7, 11) is -20.2. The maximum Gasteiger partial charge on any atom is 0.501 e. The van der Waals surface area contributed by atoms with Gasteiger partial charge in [-0.2, -0.15) is 39.5 Å². The molecule has 0 bridgehead atoms. The van der Waals surface area contributed by atoms with Gasteiger partial charge in [0.1, 0.15) is 0 Å². The third kappa shape index (κ3) is 3.92. The van der Waals surface area contributed by atoms with Gasteiger partial charge in [0.2, 0.25) is 0 Å². The molecule has 1 aromatic carbocycles. The van der Waals surface area contributed by atoms with Crippen molar-refractivity contribution in [2.24, 2.45) is 0 Å². The molecular formula is C11H7F9O6S3. The van der Waals surface area contributed by atoms with Crippen molar-refractivity contribution in [2.45, 2.75) is 45.1 Å². The molecule has 0 aliphatic rings. The molecule has 0 atom stereocenters. The Labute approximate surface area is 157 Å². The summed E-state index contributed by atoms with van der Waals surface area (Å²) < 4.78 is 185. The number of sulfone groups is 3. The Bertz CT molecular complexity index is 1090. The van der Waals surface area contributed by atoms with E-state index in [1.54, 1.807) is 0 Å². The van der Waals surface area contributed by atoms with Crippen molar-refractivity contribution in [1.29, 1.82) is 0 Å². The number of hydrogen-bond acceptors (Lipinski definition) is 6. The van der Waals surface area contributed by atoms with Crippen LogP contribution in [0, 0.1) is 13.8 Å². The summed E-state index contributed by atoms with van der Waals surface area (Å²) in [5.74, 6) is 0. The van der Waals surface area contributed by atoms with Crippen molar-refractivity contribution in [2.75, 3.05) is 0 Å². The van der Waals surface area contributed by atoms with Crippen molar-refractivity contribution in [3.8, 4) is 0 Å². The molecule has 0 aliphatic heterocycles. The van der Waals surface area contributed by atoms with Crippen LogP contribution in [-0.2, 0) is 29.5 Å². The van der Waals surface area contributed by atoms with Gasteiger partial charge in [0.05, 0.1) is 14.7 Å². The first-order valence-electron chi connectivity index (χ1n) is 6.50. The summed E-state index contributed by atoms with van der Waals surface area (Å²) in [6, 6.07) is -0.675. The van der Waals surface area contributed by atoms with Gasteiger partial charge in [0.15, 0.2) is 0 Å². The predicted molar refractivity (Wildman–Crippen MR) is 75.6 cm³/mol. The summed E-state index contributed by atoms with van der Waals surface area (Å²) in [5, 5.41) is 0. The Balaban J connectivity index is 4.42. The predicted octanol–water partition coefficient (Wildman–Crippen LogP) is 3.18. The highest BCUT2D eigenvalue weighted by atomic mass is 32.2. The zero-order valence-corrected chi connectivity index (χ0v) is 16.1. The number of halogens is 9. The van der Waals surface area contributed by atoms with E-state index in [1.807, 2.05) is 0 Å². The number of rotatable bonds is 3. The van der Waals surface area contributed by atoms with Crippen LogP contribution in [0.3, 0.4) is 0 Å². The minimum atomic E-state index is -6.76. The van der Waals surface area contributed by atoms with E-state index in [-0.39, 0.29) is 13.8 Å². The molecule has 0 saturated heterocycles. The highest BCUT2D eigenvalue weighted by Crippen LogP contribution is 2.43. The Morgan fingerprint density at radius 1 is 0.552 bits per heavy atom. The second kappa shape index (κ2) is 6.73. The summed E-state index contributed by atoms with van der Waals surface area (Å²) >= 11 is 0. The maximum atomic E-state index is 12.9. The SMILES string of the molecule is Cc1c(S(=O)(=O)C(F)(F)F)cc(S(=O)(=O)C(F)(F)F)c(C)c1S(=O)(=O)C(F)(F)F. The zero-order valence-electron chi connectivity index (χ0n) is 13.7. The molecule has 0 saturated carbocycles. The van der Waals surface area contributed by atoms with Crippen LogP contribution in [0.4, 0.5) is 39.5 Å². The lowest BCUT2D eigenvalue weighted by Gasteiger charge is -2.20. The largest absolute Gasteiger partial charge is 0.501 e. The van der Waals surface area contributed by atoms with Gasteiger partial charge >= 0.3 is 16.5 Å². The molecule has 0 spiro atoms. The third-order valence-electron chi connectivity index (χ3n) is 3.44. The lowest BCUT2D eigenvalue weighted by molar-refractivity contribution is -0.0438. The van der Waals surface area contributed by atoms with Crippen molar-refractivity contribution >= 4 is 29.5 Å². The Hall–Kier alpha value is -1.56. The van der Waals surface area contributed by atoms with Gasteiger partial charge in [-0.25, -0.2) is 25.3 Å². The van der Waals surface area contributed by atoms with Crippen molar-refractivity contribution in [3.63, 3.8) is 0 Å². The fraction of sp³-hybridized carbons (Fsp3) is 0.455. The Morgan fingerprint density at radius 3 is 1.00 bits per heavy atom. The van der Waals surface area contributed by atoms with Crippen LogP contribution in [0.25, 0.3) is 0 Å². The zero-order chi connectivity index (χ0) is 23.6. The minimum absolute atomic E-state index is 0.147. The molecule has 0 aromatic heterocycles. The molecular weight excluding hydrogens is 495 g/mol. The van der Waals surface area contributed by atoms with E-state index in [1.165, 1.54) is 0 Å². The van der Waals surface area contributed by atoms with Crippen LogP contribution in [0.1, 0.15) is 11.1 Å². The standard InChI is InChI=1S/C11H7F9O6S3/c1-4-6(27(21,22)9(12,13)14)3-7(28(23,24)10(15,16)17)5(2)8(4)29(25,26)11(18,19)20/h3H,1-2H3. The quantitative estimate of drug-likeness (QED) is 0.589. The van der Waals surface area contributed by atoms with Crippen LogP contribution < -0.4 is 0 Å². The summed E-state index contributed by atoms with van der Waals surface area (Å²) in [5.41, 5.74) is -22.4. The Morgan fingerprint density at radius 2 is 0.793 bits per heavy atom. The van der Waals surface area contributed by atoms with Crippen LogP contribution in [0.2, 0.25) is 0 Å². The number of alkyl halides is 9. The lowest BCUT2D eigenvalue weighted by atomic mass is 10.1. The molecule has 0 unspecified atom stereocenters. The molecule has 1 rings (SSSR count). The van der Waals surface area contributed by atoms with E-state index < -0.39 is 77.9 Å². The molecule has 0 aliphatic carbocycles. The fourth-order valence-corrected chi connectivity index (χ4v) is 5.68. The molecule has 0 heterocycles. The molecule has 0 N–H and O–H groups in total. The van der Waals surface area contributed by atoms with Crippen molar-refractivity contribution < 1.29 is 64.8 Å². The lowest BCUT2D eigenvalue weighted by Crippen LogP contribution is -2.30. The van der Waals surface area contributed by atoms with Gasteiger partial charge < -0.3 is 0 Å². The van der Waals surface area contributed by atoms with Gasteiger partial charge in [-0.15, -0.1) is 0 Å². The van der Waals surface area contributed by atoms with Gasteiger partial charge in [0, 0.05) is 0 Å². The molecule has 0 fully saturated rings. The summed E-state index contributed by atoms with van der Waals surface area (Å²) in [6.45, 7) is 0.294. The average Bonchev–Trinajstić information content (AvgIpc) is 2.42. The molecule has 1 aromatic rings. The normalized spacial score (nSPS) is 14.9. The minimum Gasteiger partial charge on any atom is -0.214 e. The second-order valence-electron chi connectivity index (χ2n) is 5.30. The summed E-state index contributed by atoms with van der Waals surface area (Å²) in [6.07, 6.45) is 0. The first-order valence-corrected chi connectivity index (χ1v) is 11.0. The first-order chi connectivity index (χ1) is 12.4. The molecule has 0 radical (unpaired) electrons. The van der Waals surface area contributed by atoms with Crippen LogP contribution >= 0.6 is 0 Å². The molecule has 168 valence electrons. The van der Waals surface area contributed by atoms with Gasteiger partial charge in [0.25, 0.3) is 29.5 Å². The molecule has 29 heavy (non-hydrogen) atoms. The van der Waals surface area contributed by atoms with Crippen LogP contribution in [0.15, 0.2) is 20.8 Å². The average molecular weight is 502 g/mol. The van der Waals surface area contributed by atoms with Gasteiger partial charge in [-0.05, 0) is 31.0 Å². The number of hydrogen-bond donors (Lipinski definition) is 0. The van der Waals surface area contributed by atoms with Crippen LogP contribution in [-0.4, -0.2) is 41.8 Å². The molecule has 0 amide bonds. The van der Waals surface area contributed by atoms with E-state index in [0.717, 1.165) is 0 Å². The van der Waals surface area contributed by atoms with E-state index in [0.29, 0.717) is 0 Å². The third-order valence-corrected chi connectivity index (χ3v) is 8.43. The van der Waals surface area contributed by atoms with Crippen LogP contribution in [0.5, 0.6) is 0 Å². The topological polar surface area (TPSA) is 102 Å². The highest BCUT2D eigenvalue weighted by Gasteiger charge is 2.55. The van der Waals surface area contributed by atoms with Crippen molar-refractivity contribution in [3.05, 3.63) is 17.2 Å². The van der Waals surface area contributed by atoms with Gasteiger partial charge in [-0.1, -0.05) is 0 Å². The first kappa shape index (κ1) is 25.5. The maximum absolute atomic E-state index is 12.9. The highest BCUT2D eigenvalue weighted by molar-refractivity contribution is 7.94. The molecule has 6 nitrogen and oxygen atoms in total.